The van der Waals surface area contributed by atoms with Crippen molar-refractivity contribution < 1.29 is 24.2 Å². The van der Waals surface area contributed by atoms with Gasteiger partial charge in [0.15, 0.2) is 0 Å². The molecule has 0 aliphatic carbocycles. The van der Waals surface area contributed by atoms with Crippen LogP contribution in [0.1, 0.15) is 25.3 Å². The number of nitrogens with one attached hydrogen (secondary N) is 1. The van der Waals surface area contributed by atoms with E-state index in [9.17, 15) is 19.5 Å². The molecule has 190 valence electrons. The van der Waals surface area contributed by atoms with Crippen LogP contribution in [0.2, 0.25) is 5.02 Å². The largest absolute Gasteiger partial charge is 0.466 e. The summed E-state index contributed by atoms with van der Waals surface area (Å²) in [6, 6.07) is 15.0. The second-order valence-electron chi connectivity index (χ2n) is 9.55. The monoisotopic (exact) mass is 528 g/mol. The molecule has 9 heteroatoms. The van der Waals surface area contributed by atoms with Gasteiger partial charge in [-0.1, -0.05) is 54.1 Å². The fourth-order valence-electron chi connectivity index (χ4n) is 6.19. The van der Waals surface area contributed by atoms with E-state index in [4.69, 9.17) is 16.3 Å². The normalized spacial score (nSPS) is 29.2. The van der Waals surface area contributed by atoms with Gasteiger partial charge in [-0.3, -0.25) is 14.4 Å². The van der Waals surface area contributed by atoms with Crippen molar-refractivity contribution >= 4 is 46.8 Å². The number of thioether (sulfide) groups is 1. The number of carbonyl (C=O) groups is 3. The standard InChI is InChI=1S/C27H29ClN2O5S/c1-2-35-26(34)21-20-12-13-27(36-20)22(21)25(33)30(17(15-31)14-16-8-4-3-5-9-16)23(27)24(32)29-19-11-7-6-10-18(19)28/h3-11,17,20-23,31H,2,12-15H2,1H3,(H,29,32)/t17-,20+,21-,22+,23?,27?/m1/s1. The zero-order valence-electron chi connectivity index (χ0n) is 19.9. The maximum absolute atomic E-state index is 14.1. The smallest absolute Gasteiger partial charge is 0.310 e. The minimum Gasteiger partial charge on any atom is -0.466 e. The summed E-state index contributed by atoms with van der Waals surface area (Å²) in [5.41, 5.74) is 1.41. The Hall–Kier alpha value is -2.55. The zero-order valence-corrected chi connectivity index (χ0v) is 21.5. The lowest BCUT2D eigenvalue weighted by atomic mass is 9.71. The van der Waals surface area contributed by atoms with Crippen LogP contribution in [0.15, 0.2) is 54.6 Å². The summed E-state index contributed by atoms with van der Waals surface area (Å²) in [4.78, 5) is 42.6. The molecule has 2 unspecified atom stereocenters. The summed E-state index contributed by atoms with van der Waals surface area (Å²) in [5.74, 6) is -2.29. The number of anilines is 1. The van der Waals surface area contributed by atoms with Crippen LogP contribution in [-0.2, 0) is 25.5 Å². The number of carbonyl (C=O) groups excluding carboxylic acids is 3. The fourth-order valence-corrected chi connectivity index (χ4v) is 8.57. The minimum absolute atomic E-state index is 0.0718. The second kappa shape index (κ2) is 10.1. The number of fused-ring (bicyclic) bond motifs is 1. The van der Waals surface area contributed by atoms with Crippen LogP contribution in [0.3, 0.4) is 0 Å². The number of rotatable bonds is 8. The molecule has 0 radical (unpaired) electrons. The maximum Gasteiger partial charge on any atom is 0.310 e. The van der Waals surface area contributed by atoms with Gasteiger partial charge in [0.2, 0.25) is 11.8 Å². The Bertz CT molecular complexity index is 1160. The summed E-state index contributed by atoms with van der Waals surface area (Å²) in [5, 5.41) is 13.7. The number of para-hydroxylation sites is 1. The van der Waals surface area contributed by atoms with E-state index in [1.807, 2.05) is 30.3 Å². The summed E-state index contributed by atoms with van der Waals surface area (Å²) in [7, 11) is 0. The molecule has 2 amide bonds. The van der Waals surface area contributed by atoms with Crippen molar-refractivity contribution in [2.75, 3.05) is 18.5 Å². The van der Waals surface area contributed by atoms with E-state index in [0.717, 1.165) is 12.0 Å². The summed E-state index contributed by atoms with van der Waals surface area (Å²) < 4.78 is 4.60. The quantitative estimate of drug-likeness (QED) is 0.509. The summed E-state index contributed by atoms with van der Waals surface area (Å²) in [6.07, 6.45) is 1.75. The molecule has 6 atom stereocenters. The van der Waals surface area contributed by atoms with E-state index in [0.29, 0.717) is 23.6 Å². The summed E-state index contributed by atoms with van der Waals surface area (Å²) in [6.45, 7) is 1.67. The Morgan fingerprint density at radius 1 is 1.22 bits per heavy atom. The first-order valence-electron chi connectivity index (χ1n) is 12.3. The van der Waals surface area contributed by atoms with Crippen LogP contribution in [0.5, 0.6) is 0 Å². The molecule has 2 aromatic rings. The highest BCUT2D eigenvalue weighted by atomic mass is 35.5. The number of benzene rings is 2. The van der Waals surface area contributed by atoms with Gasteiger partial charge >= 0.3 is 5.97 Å². The van der Waals surface area contributed by atoms with Crippen LogP contribution < -0.4 is 5.32 Å². The molecule has 1 spiro atoms. The van der Waals surface area contributed by atoms with Crippen molar-refractivity contribution in [3.05, 3.63) is 65.2 Å². The van der Waals surface area contributed by atoms with Crippen LogP contribution in [-0.4, -0.2) is 63.1 Å². The highest BCUT2D eigenvalue weighted by molar-refractivity contribution is 8.02. The number of aliphatic hydroxyl groups excluding tert-OH is 1. The number of hydrogen-bond acceptors (Lipinski definition) is 6. The number of halogens is 1. The highest BCUT2D eigenvalue weighted by Gasteiger charge is 2.74. The van der Waals surface area contributed by atoms with E-state index in [-0.39, 0.29) is 36.2 Å². The van der Waals surface area contributed by atoms with E-state index in [1.54, 1.807) is 47.9 Å². The highest BCUT2D eigenvalue weighted by Crippen LogP contribution is 2.66. The van der Waals surface area contributed by atoms with Crippen LogP contribution >= 0.6 is 23.4 Å². The minimum atomic E-state index is -0.860. The van der Waals surface area contributed by atoms with Crippen molar-refractivity contribution in [1.29, 1.82) is 0 Å². The van der Waals surface area contributed by atoms with Crippen molar-refractivity contribution in [1.82, 2.24) is 4.90 Å². The van der Waals surface area contributed by atoms with Crippen LogP contribution in [0, 0.1) is 11.8 Å². The first-order chi connectivity index (χ1) is 17.4. The molecule has 2 aromatic carbocycles. The average molecular weight is 529 g/mol. The van der Waals surface area contributed by atoms with Gasteiger partial charge in [0.1, 0.15) is 6.04 Å². The lowest BCUT2D eigenvalue weighted by molar-refractivity contribution is -0.154. The number of amides is 2. The van der Waals surface area contributed by atoms with Crippen LogP contribution in [0.4, 0.5) is 5.69 Å². The van der Waals surface area contributed by atoms with Gasteiger partial charge in [-0.25, -0.2) is 0 Å². The zero-order chi connectivity index (χ0) is 25.4. The third-order valence-corrected chi connectivity index (χ3v) is 9.88. The van der Waals surface area contributed by atoms with Crippen molar-refractivity contribution in [2.45, 2.75) is 48.3 Å². The Morgan fingerprint density at radius 3 is 2.64 bits per heavy atom. The van der Waals surface area contributed by atoms with Gasteiger partial charge in [0.25, 0.3) is 0 Å². The molecule has 3 heterocycles. The lowest BCUT2D eigenvalue weighted by Gasteiger charge is -2.37. The van der Waals surface area contributed by atoms with E-state index < -0.39 is 28.7 Å². The molecule has 2 N–H and O–H groups in total. The van der Waals surface area contributed by atoms with Gasteiger partial charge in [0.05, 0.1) is 46.5 Å². The topological polar surface area (TPSA) is 95.9 Å². The molecular weight excluding hydrogens is 500 g/mol. The van der Waals surface area contributed by atoms with Gasteiger partial charge in [0, 0.05) is 5.25 Å². The third kappa shape index (κ3) is 4.09. The molecule has 7 nitrogen and oxygen atoms in total. The van der Waals surface area contributed by atoms with Crippen molar-refractivity contribution in [3.63, 3.8) is 0 Å². The molecule has 3 fully saturated rings. The van der Waals surface area contributed by atoms with Crippen LogP contribution in [0.25, 0.3) is 0 Å². The number of ether oxygens (including phenoxy) is 1. The first-order valence-corrected chi connectivity index (χ1v) is 13.5. The molecule has 3 saturated heterocycles. The predicted molar refractivity (Wildman–Crippen MR) is 139 cm³/mol. The number of aliphatic hydroxyl groups is 1. The van der Waals surface area contributed by atoms with E-state index in [1.165, 1.54) is 0 Å². The fraction of sp³-hybridized carbons (Fsp3) is 0.444. The number of likely N-dealkylation sites (tertiary alicyclic amines) is 1. The maximum atomic E-state index is 14.1. The molecule has 0 saturated carbocycles. The SMILES string of the molecule is CCOC(=O)[C@@H]1[C@@H]2CCC3(S2)C(C(=O)Nc2ccccc2Cl)N([C@@H](CO)Cc2ccccc2)C(=O)[C@H]13. The Labute approximate surface area is 219 Å². The second-order valence-corrected chi connectivity index (χ2v) is 11.6. The molecule has 36 heavy (non-hydrogen) atoms. The molecule has 5 rings (SSSR count). The van der Waals surface area contributed by atoms with E-state index in [2.05, 4.69) is 5.32 Å². The molecular formula is C27H29ClN2O5S. The molecule has 2 bridgehead atoms. The molecule has 0 aromatic heterocycles. The predicted octanol–water partition coefficient (Wildman–Crippen LogP) is 3.54. The van der Waals surface area contributed by atoms with Gasteiger partial charge < -0.3 is 20.1 Å². The Kier molecular flexibility index (Phi) is 7.03. The molecule has 3 aliphatic rings. The van der Waals surface area contributed by atoms with Gasteiger partial charge in [-0.05, 0) is 43.9 Å². The van der Waals surface area contributed by atoms with Crippen molar-refractivity contribution in [3.8, 4) is 0 Å². The van der Waals surface area contributed by atoms with Gasteiger partial charge in [-0.2, -0.15) is 0 Å². The van der Waals surface area contributed by atoms with E-state index >= 15 is 0 Å². The Morgan fingerprint density at radius 2 is 1.94 bits per heavy atom. The number of hydrogen-bond donors (Lipinski definition) is 2. The first kappa shape index (κ1) is 25.1. The number of nitrogens with zero attached hydrogens (tertiary/aromatic N) is 1. The third-order valence-electron chi connectivity index (χ3n) is 7.60. The van der Waals surface area contributed by atoms with Gasteiger partial charge in [-0.15, -0.1) is 11.8 Å². The number of esters is 1. The Balaban J connectivity index is 1.55. The summed E-state index contributed by atoms with van der Waals surface area (Å²) >= 11 is 7.89. The average Bonchev–Trinajstić information content (AvgIpc) is 3.52. The van der Waals surface area contributed by atoms with Crippen molar-refractivity contribution in [2.24, 2.45) is 11.8 Å². The lowest BCUT2D eigenvalue weighted by Crippen LogP contribution is -2.55. The molecule has 3 aliphatic heterocycles.